The Morgan fingerprint density at radius 2 is 1.82 bits per heavy atom. The number of benzene rings is 1. The molecular weight excluding hydrogens is 440 g/mol. The summed E-state index contributed by atoms with van der Waals surface area (Å²) in [5.74, 6) is 4.19. The van der Waals surface area contributed by atoms with Crippen LogP contribution in [0.2, 0.25) is 0 Å². The molecule has 190 valence electrons. The van der Waals surface area contributed by atoms with Gasteiger partial charge in [-0.1, -0.05) is 51.5 Å². The van der Waals surface area contributed by atoms with E-state index in [-0.39, 0.29) is 17.5 Å². The third kappa shape index (κ3) is 5.63. The Bertz CT molecular complexity index is 823. The van der Waals surface area contributed by atoms with Crippen LogP contribution in [-0.2, 0) is 16.0 Å². The number of phenolic OH excluding ortho intramolecular Hbond substituents is 1. The second-order valence-electron chi connectivity index (χ2n) is 11.6. The number of ether oxygens (including phenoxy) is 1. The predicted octanol–water partition coefficient (Wildman–Crippen LogP) is 7.89. The number of aromatic hydroxyl groups is 1. The molecule has 1 aromatic carbocycles. The maximum Gasteiger partial charge on any atom is 0.302 e. The number of carbonyl (C=O) groups is 1. The van der Waals surface area contributed by atoms with Crippen LogP contribution >= 0.6 is 11.8 Å². The Morgan fingerprint density at radius 1 is 1.09 bits per heavy atom. The van der Waals surface area contributed by atoms with Gasteiger partial charge in [-0.15, -0.1) is 0 Å². The number of carbonyl (C=O) groups excluding carboxylic acids is 1. The van der Waals surface area contributed by atoms with Crippen LogP contribution in [0, 0.1) is 23.2 Å². The highest BCUT2D eigenvalue weighted by molar-refractivity contribution is 7.98. The molecule has 34 heavy (non-hydrogen) atoms. The van der Waals surface area contributed by atoms with Crippen LogP contribution in [0.4, 0.5) is 0 Å². The third-order valence-electron chi connectivity index (χ3n) is 9.53. The first-order valence-corrected chi connectivity index (χ1v) is 15.3. The molecule has 4 heteroatoms. The Balaban J connectivity index is 1.42. The molecule has 3 aliphatic rings. The van der Waals surface area contributed by atoms with Crippen molar-refractivity contribution in [1.82, 2.24) is 0 Å². The first-order chi connectivity index (χ1) is 16.4. The first-order valence-electron chi connectivity index (χ1n) is 13.9. The Morgan fingerprint density at radius 3 is 2.56 bits per heavy atom. The summed E-state index contributed by atoms with van der Waals surface area (Å²) in [6.07, 6.45) is 18.8. The monoisotopic (exact) mass is 486 g/mol. The maximum absolute atomic E-state index is 11.8. The molecule has 0 amide bonds. The van der Waals surface area contributed by atoms with Gasteiger partial charge in [-0.3, -0.25) is 4.79 Å². The molecule has 1 N–H and O–H groups in total. The zero-order valence-electron chi connectivity index (χ0n) is 21.7. The zero-order chi connectivity index (χ0) is 24.1. The van der Waals surface area contributed by atoms with Crippen molar-refractivity contribution >= 4 is 17.7 Å². The molecule has 3 nitrogen and oxygen atoms in total. The minimum absolute atomic E-state index is 0.0870. The lowest BCUT2D eigenvalue weighted by Gasteiger charge is -2.53. The molecule has 1 aromatic rings. The van der Waals surface area contributed by atoms with Crippen LogP contribution in [0.15, 0.2) is 18.2 Å². The van der Waals surface area contributed by atoms with Crippen LogP contribution < -0.4 is 0 Å². The summed E-state index contributed by atoms with van der Waals surface area (Å²) in [5, 5.41) is 10.2. The molecule has 4 rings (SSSR count). The van der Waals surface area contributed by atoms with Crippen molar-refractivity contribution in [3.8, 4) is 5.75 Å². The van der Waals surface area contributed by atoms with Gasteiger partial charge in [0.25, 0.3) is 0 Å². The average Bonchev–Trinajstić information content (AvgIpc) is 3.13. The molecule has 0 radical (unpaired) electrons. The second-order valence-corrected chi connectivity index (χ2v) is 12.6. The number of thioether (sulfide) groups is 1. The molecule has 2 saturated carbocycles. The van der Waals surface area contributed by atoms with E-state index >= 15 is 0 Å². The number of hydrogen-bond donors (Lipinski definition) is 1. The lowest BCUT2D eigenvalue weighted by atomic mass is 9.52. The molecular formula is C30H46O3S. The van der Waals surface area contributed by atoms with E-state index in [1.807, 2.05) is 23.9 Å². The van der Waals surface area contributed by atoms with Gasteiger partial charge in [0.2, 0.25) is 0 Å². The summed E-state index contributed by atoms with van der Waals surface area (Å²) < 4.78 is 5.87. The van der Waals surface area contributed by atoms with Crippen molar-refractivity contribution < 1.29 is 14.6 Å². The van der Waals surface area contributed by atoms with Gasteiger partial charge < -0.3 is 9.84 Å². The lowest BCUT2D eigenvalue weighted by Crippen LogP contribution is -2.48. The molecule has 3 aliphatic carbocycles. The molecule has 0 aliphatic heterocycles. The SMILES string of the molecule is CSCCCCCCCCC[C@@H]1Cc2cc(O)ccc2C2CC[C@@]3(C)C(CC[C@@H]3OC(C)=O)C21. The minimum Gasteiger partial charge on any atom is -0.508 e. The van der Waals surface area contributed by atoms with E-state index in [9.17, 15) is 9.90 Å². The molecule has 0 aromatic heterocycles. The summed E-state index contributed by atoms with van der Waals surface area (Å²) in [4.78, 5) is 11.8. The molecule has 0 saturated heterocycles. The average molecular weight is 487 g/mol. The quantitative estimate of drug-likeness (QED) is 0.255. The van der Waals surface area contributed by atoms with E-state index in [2.05, 4.69) is 19.2 Å². The molecule has 2 fully saturated rings. The van der Waals surface area contributed by atoms with Crippen molar-refractivity contribution in [2.45, 2.75) is 109 Å². The maximum atomic E-state index is 11.8. The van der Waals surface area contributed by atoms with Gasteiger partial charge in [0, 0.05) is 12.3 Å². The van der Waals surface area contributed by atoms with Gasteiger partial charge in [-0.2, -0.15) is 11.8 Å². The Hall–Kier alpha value is -1.16. The summed E-state index contributed by atoms with van der Waals surface area (Å²) in [7, 11) is 0. The number of phenols is 1. The van der Waals surface area contributed by atoms with E-state index in [0.717, 1.165) is 19.3 Å². The topological polar surface area (TPSA) is 46.5 Å². The van der Waals surface area contributed by atoms with E-state index in [1.54, 1.807) is 6.92 Å². The normalized spacial score (nSPS) is 32.0. The largest absolute Gasteiger partial charge is 0.508 e. The lowest BCUT2D eigenvalue weighted by molar-refractivity contribution is -0.155. The second kappa shape index (κ2) is 11.7. The van der Waals surface area contributed by atoms with Crippen molar-refractivity contribution in [1.29, 1.82) is 0 Å². The first kappa shape index (κ1) is 25.9. The van der Waals surface area contributed by atoms with Gasteiger partial charge in [0.1, 0.15) is 11.9 Å². The minimum atomic E-state index is -0.122. The van der Waals surface area contributed by atoms with Crippen molar-refractivity contribution in [3.63, 3.8) is 0 Å². The van der Waals surface area contributed by atoms with E-state index in [4.69, 9.17) is 4.74 Å². The van der Waals surface area contributed by atoms with Gasteiger partial charge in [-0.25, -0.2) is 0 Å². The highest BCUT2D eigenvalue weighted by atomic mass is 32.2. The number of rotatable bonds is 11. The van der Waals surface area contributed by atoms with E-state index < -0.39 is 0 Å². The standard InChI is InChI=1S/C30H46O3S/c1-21(31)33-28-15-14-27-29-22(11-9-7-5-4-6-8-10-18-34-3)19-23-20-24(32)12-13-25(23)26(29)16-17-30(27,28)2/h12-13,20,22,26-29,32H,4-11,14-19H2,1-3H3/t22-,26?,27?,28+,29?,30+/m1/s1. The Kier molecular flexibility index (Phi) is 8.93. The predicted molar refractivity (Wildman–Crippen MR) is 142 cm³/mol. The van der Waals surface area contributed by atoms with Gasteiger partial charge in [0.05, 0.1) is 0 Å². The zero-order valence-corrected chi connectivity index (χ0v) is 22.5. The third-order valence-corrected chi connectivity index (χ3v) is 10.2. The number of fused-ring (bicyclic) bond motifs is 5. The smallest absolute Gasteiger partial charge is 0.302 e. The fourth-order valence-electron chi connectivity index (χ4n) is 7.94. The van der Waals surface area contributed by atoms with Crippen LogP contribution in [-0.4, -0.2) is 29.2 Å². The number of hydrogen-bond acceptors (Lipinski definition) is 4. The Labute approximate surface area is 211 Å². The van der Waals surface area contributed by atoms with Crippen molar-refractivity contribution in [2.75, 3.05) is 12.0 Å². The van der Waals surface area contributed by atoms with Crippen molar-refractivity contribution in [3.05, 3.63) is 29.3 Å². The van der Waals surface area contributed by atoms with E-state index in [0.29, 0.717) is 29.4 Å². The van der Waals surface area contributed by atoms with Gasteiger partial charge in [0.15, 0.2) is 0 Å². The highest BCUT2D eigenvalue weighted by Crippen LogP contribution is 2.63. The molecule has 3 unspecified atom stereocenters. The van der Waals surface area contributed by atoms with E-state index in [1.165, 1.54) is 81.1 Å². The van der Waals surface area contributed by atoms with Gasteiger partial charge in [-0.05, 0) is 104 Å². The van der Waals surface area contributed by atoms with Crippen LogP contribution in [0.3, 0.4) is 0 Å². The van der Waals surface area contributed by atoms with Gasteiger partial charge >= 0.3 is 5.97 Å². The summed E-state index contributed by atoms with van der Waals surface area (Å²) in [5.41, 5.74) is 3.00. The molecule has 0 heterocycles. The number of unbranched alkanes of at least 4 members (excludes halogenated alkanes) is 6. The van der Waals surface area contributed by atoms with Crippen molar-refractivity contribution in [2.24, 2.45) is 23.2 Å². The fourth-order valence-corrected chi connectivity index (χ4v) is 8.43. The van der Waals surface area contributed by atoms with Crippen LogP contribution in [0.25, 0.3) is 0 Å². The molecule has 6 atom stereocenters. The summed E-state index contributed by atoms with van der Waals surface area (Å²) in [6, 6.07) is 6.13. The summed E-state index contributed by atoms with van der Waals surface area (Å²) >= 11 is 1.96. The fraction of sp³-hybridized carbons (Fsp3) is 0.767. The molecule has 0 spiro atoms. The van der Waals surface area contributed by atoms with Crippen LogP contribution in [0.1, 0.15) is 108 Å². The molecule has 0 bridgehead atoms. The number of esters is 1. The van der Waals surface area contributed by atoms with Crippen LogP contribution in [0.5, 0.6) is 5.75 Å². The summed E-state index contributed by atoms with van der Waals surface area (Å²) in [6.45, 7) is 3.98. The highest BCUT2D eigenvalue weighted by Gasteiger charge is 2.57.